The third kappa shape index (κ3) is 3.84. The molecule has 160 valence electrons. The van der Waals surface area contributed by atoms with E-state index in [1.54, 1.807) is 7.11 Å². The van der Waals surface area contributed by atoms with Gasteiger partial charge in [0.15, 0.2) is 5.82 Å². The summed E-state index contributed by atoms with van der Waals surface area (Å²) in [5, 5.41) is 11.6. The van der Waals surface area contributed by atoms with Crippen LogP contribution < -0.4 is 4.74 Å². The summed E-state index contributed by atoms with van der Waals surface area (Å²) in [5.74, 6) is 2.26. The minimum absolute atomic E-state index is 0.275. The average molecular weight is 416 g/mol. The number of fused-ring (bicyclic) bond motifs is 1. The number of hydrogen-bond acceptors (Lipinski definition) is 5. The molecule has 0 spiro atoms. The predicted molar refractivity (Wildman–Crippen MR) is 120 cm³/mol. The lowest BCUT2D eigenvalue weighted by Crippen LogP contribution is -2.42. The van der Waals surface area contributed by atoms with Crippen molar-refractivity contribution in [2.45, 2.75) is 31.4 Å². The van der Waals surface area contributed by atoms with Crippen molar-refractivity contribution < 1.29 is 9.84 Å². The lowest BCUT2D eigenvalue weighted by molar-refractivity contribution is -0.0648. The van der Waals surface area contributed by atoms with Crippen molar-refractivity contribution in [3.05, 3.63) is 78.1 Å². The van der Waals surface area contributed by atoms with Crippen molar-refractivity contribution in [1.29, 1.82) is 0 Å². The second-order valence-electron chi connectivity index (χ2n) is 8.86. The first-order valence-electron chi connectivity index (χ1n) is 11.1. The molecule has 2 aliphatic rings. The maximum Gasteiger partial charge on any atom is 0.162 e. The standard InChI is InChI=1S/C26H29N3O2/c1-31-24-12-6-5-11-22(24)25-27-14-19(15-28-25)16-29-17-20-8-7-13-26(30,23(20)18-29)21-9-3-2-4-10-21/h2-6,9-12,14-15,20,23,30H,7-8,13,16-18H2,1H3/t20-,23+,26+/m1/s1. The second kappa shape index (κ2) is 8.40. The Morgan fingerprint density at radius 1 is 1.03 bits per heavy atom. The SMILES string of the molecule is COc1ccccc1-c1ncc(CN2C[C@H]3CCC[C@](O)(c4ccccc4)[C@H]3C2)cn1. The number of aliphatic hydroxyl groups is 1. The molecule has 2 heterocycles. The number of methoxy groups -OCH3 is 1. The third-order valence-corrected chi connectivity index (χ3v) is 7.00. The molecule has 1 aliphatic heterocycles. The zero-order valence-electron chi connectivity index (χ0n) is 17.9. The van der Waals surface area contributed by atoms with Crippen LogP contribution in [0.15, 0.2) is 67.0 Å². The predicted octanol–water partition coefficient (Wildman–Crippen LogP) is 4.27. The molecule has 1 aromatic heterocycles. The molecule has 2 fully saturated rings. The minimum Gasteiger partial charge on any atom is -0.496 e. The van der Waals surface area contributed by atoms with Gasteiger partial charge < -0.3 is 9.84 Å². The highest BCUT2D eigenvalue weighted by molar-refractivity contribution is 5.63. The van der Waals surface area contributed by atoms with Gasteiger partial charge in [0, 0.05) is 43.5 Å². The number of para-hydroxylation sites is 1. The highest BCUT2D eigenvalue weighted by Crippen LogP contribution is 2.48. The quantitative estimate of drug-likeness (QED) is 0.674. The minimum atomic E-state index is -0.719. The van der Waals surface area contributed by atoms with Gasteiger partial charge in [0.2, 0.25) is 0 Å². The molecule has 2 aromatic carbocycles. The van der Waals surface area contributed by atoms with Crippen molar-refractivity contribution in [3.63, 3.8) is 0 Å². The summed E-state index contributed by atoms with van der Waals surface area (Å²) in [4.78, 5) is 11.7. The van der Waals surface area contributed by atoms with Gasteiger partial charge in [0.25, 0.3) is 0 Å². The normalized spacial score (nSPS) is 25.9. The zero-order valence-corrected chi connectivity index (χ0v) is 17.9. The van der Waals surface area contributed by atoms with Crippen LogP contribution in [0.4, 0.5) is 0 Å². The number of benzene rings is 2. The first kappa shape index (κ1) is 20.2. The molecule has 0 unspecified atom stereocenters. The molecular weight excluding hydrogens is 386 g/mol. The van der Waals surface area contributed by atoms with Crippen LogP contribution >= 0.6 is 0 Å². The van der Waals surface area contributed by atoms with E-state index in [0.29, 0.717) is 11.7 Å². The number of nitrogens with zero attached hydrogens (tertiary/aromatic N) is 3. The van der Waals surface area contributed by atoms with Gasteiger partial charge in [-0.2, -0.15) is 0 Å². The Labute approximate surface area is 183 Å². The van der Waals surface area contributed by atoms with E-state index < -0.39 is 5.60 Å². The Kier molecular flexibility index (Phi) is 5.47. The highest BCUT2D eigenvalue weighted by Gasteiger charge is 2.49. The van der Waals surface area contributed by atoms with E-state index in [1.807, 2.05) is 54.9 Å². The molecular formula is C26H29N3O2. The van der Waals surface area contributed by atoms with Gasteiger partial charge in [-0.25, -0.2) is 9.97 Å². The lowest BCUT2D eigenvalue weighted by atomic mass is 9.67. The van der Waals surface area contributed by atoms with E-state index in [0.717, 1.165) is 54.9 Å². The number of ether oxygens (including phenoxy) is 1. The maximum absolute atomic E-state index is 11.6. The molecule has 3 atom stereocenters. The number of rotatable bonds is 5. The van der Waals surface area contributed by atoms with E-state index in [-0.39, 0.29) is 5.92 Å². The maximum atomic E-state index is 11.6. The molecule has 0 radical (unpaired) electrons. The summed E-state index contributed by atoms with van der Waals surface area (Å²) in [6.07, 6.45) is 6.96. The molecule has 1 N–H and O–H groups in total. The van der Waals surface area contributed by atoms with Crippen LogP contribution in [0.2, 0.25) is 0 Å². The molecule has 0 bridgehead atoms. The van der Waals surface area contributed by atoms with E-state index in [9.17, 15) is 5.11 Å². The van der Waals surface area contributed by atoms with Gasteiger partial charge >= 0.3 is 0 Å². The Balaban J connectivity index is 1.31. The molecule has 5 nitrogen and oxygen atoms in total. The lowest BCUT2D eigenvalue weighted by Gasteiger charge is -2.41. The Bertz CT molecular complexity index is 1020. The van der Waals surface area contributed by atoms with Gasteiger partial charge in [-0.05, 0) is 42.9 Å². The van der Waals surface area contributed by atoms with Gasteiger partial charge in [0.1, 0.15) is 5.75 Å². The monoisotopic (exact) mass is 415 g/mol. The molecule has 1 aliphatic carbocycles. The van der Waals surface area contributed by atoms with E-state index >= 15 is 0 Å². The van der Waals surface area contributed by atoms with Crippen LogP contribution in [0.1, 0.15) is 30.4 Å². The molecule has 5 rings (SSSR count). The van der Waals surface area contributed by atoms with Crippen LogP contribution in [0, 0.1) is 11.8 Å². The molecule has 1 saturated carbocycles. The van der Waals surface area contributed by atoms with Crippen LogP contribution in [0.3, 0.4) is 0 Å². The summed E-state index contributed by atoms with van der Waals surface area (Å²) in [7, 11) is 1.66. The van der Waals surface area contributed by atoms with Gasteiger partial charge in [-0.3, -0.25) is 4.90 Å². The molecule has 5 heteroatoms. The number of aromatic nitrogens is 2. The van der Waals surface area contributed by atoms with Crippen molar-refractivity contribution in [3.8, 4) is 17.1 Å². The van der Waals surface area contributed by atoms with Gasteiger partial charge in [0.05, 0.1) is 18.3 Å². The number of hydrogen-bond donors (Lipinski definition) is 1. The smallest absolute Gasteiger partial charge is 0.162 e. The molecule has 3 aromatic rings. The highest BCUT2D eigenvalue weighted by atomic mass is 16.5. The van der Waals surface area contributed by atoms with Crippen LogP contribution in [-0.4, -0.2) is 40.2 Å². The summed E-state index contributed by atoms with van der Waals surface area (Å²) < 4.78 is 5.44. The topological polar surface area (TPSA) is 58.5 Å². The fourth-order valence-corrected chi connectivity index (χ4v) is 5.49. The molecule has 0 amide bonds. The van der Waals surface area contributed by atoms with Crippen LogP contribution in [-0.2, 0) is 12.1 Å². The molecule has 1 saturated heterocycles. The fraction of sp³-hybridized carbons (Fsp3) is 0.385. The fourth-order valence-electron chi connectivity index (χ4n) is 5.49. The average Bonchev–Trinajstić information content (AvgIpc) is 3.24. The van der Waals surface area contributed by atoms with E-state index in [4.69, 9.17) is 4.74 Å². The summed E-state index contributed by atoms with van der Waals surface area (Å²) in [5.41, 5.74) is 2.34. The largest absolute Gasteiger partial charge is 0.496 e. The number of likely N-dealkylation sites (tertiary alicyclic amines) is 1. The Morgan fingerprint density at radius 2 is 1.77 bits per heavy atom. The first-order valence-corrected chi connectivity index (χ1v) is 11.1. The zero-order chi connectivity index (χ0) is 21.3. The Hall–Kier alpha value is -2.76. The summed E-state index contributed by atoms with van der Waals surface area (Å²) >= 11 is 0. The van der Waals surface area contributed by atoms with Gasteiger partial charge in [-0.15, -0.1) is 0 Å². The summed E-state index contributed by atoms with van der Waals surface area (Å²) in [6.45, 7) is 2.74. The second-order valence-corrected chi connectivity index (χ2v) is 8.86. The van der Waals surface area contributed by atoms with Gasteiger partial charge in [-0.1, -0.05) is 42.5 Å². The van der Waals surface area contributed by atoms with E-state index in [2.05, 4.69) is 27.0 Å². The Morgan fingerprint density at radius 3 is 2.55 bits per heavy atom. The molecule has 31 heavy (non-hydrogen) atoms. The first-order chi connectivity index (χ1) is 15.2. The summed E-state index contributed by atoms with van der Waals surface area (Å²) in [6, 6.07) is 18.0. The van der Waals surface area contributed by atoms with E-state index in [1.165, 1.54) is 6.42 Å². The van der Waals surface area contributed by atoms with Crippen molar-refractivity contribution in [2.75, 3.05) is 20.2 Å². The van der Waals surface area contributed by atoms with Crippen molar-refractivity contribution >= 4 is 0 Å². The third-order valence-electron chi connectivity index (χ3n) is 7.00. The van der Waals surface area contributed by atoms with Crippen molar-refractivity contribution in [1.82, 2.24) is 14.9 Å². The van der Waals surface area contributed by atoms with Crippen molar-refractivity contribution in [2.24, 2.45) is 11.8 Å². The van der Waals surface area contributed by atoms with Crippen LogP contribution in [0.5, 0.6) is 5.75 Å². The van der Waals surface area contributed by atoms with Crippen LogP contribution in [0.25, 0.3) is 11.4 Å².